The third kappa shape index (κ3) is 3.72. The van der Waals surface area contributed by atoms with Crippen molar-refractivity contribution in [1.82, 2.24) is 9.03 Å². The minimum absolute atomic E-state index is 0.0232. The van der Waals surface area contributed by atoms with Crippen LogP contribution in [0.1, 0.15) is 58.3 Å². The summed E-state index contributed by atoms with van der Waals surface area (Å²) >= 11 is 0. The normalized spacial score (nSPS) is 33.2. The quantitative estimate of drug-likeness (QED) is 0.810. The molecule has 2 aliphatic rings. The Kier molecular flexibility index (Phi) is 5.84. The Hall–Kier alpha value is -0.170. The molecule has 20 heavy (non-hydrogen) atoms. The first kappa shape index (κ1) is 16.2. The van der Waals surface area contributed by atoms with Crippen molar-refractivity contribution in [3.63, 3.8) is 0 Å². The van der Waals surface area contributed by atoms with E-state index in [1.165, 1.54) is 6.42 Å². The van der Waals surface area contributed by atoms with Crippen LogP contribution in [-0.2, 0) is 10.2 Å². The second-order valence-electron chi connectivity index (χ2n) is 6.18. The summed E-state index contributed by atoms with van der Waals surface area (Å²) in [5.41, 5.74) is 5.74. The average molecular weight is 303 g/mol. The lowest BCUT2D eigenvalue weighted by Gasteiger charge is -2.37. The van der Waals surface area contributed by atoms with Crippen LogP contribution in [0, 0.1) is 5.92 Å². The largest absolute Gasteiger partial charge is 0.329 e. The molecule has 3 atom stereocenters. The minimum atomic E-state index is -3.38. The summed E-state index contributed by atoms with van der Waals surface area (Å²) in [5, 5.41) is 0. The predicted molar refractivity (Wildman–Crippen MR) is 81.5 cm³/mol. The zero-order valence-corrected chi connectivity index (χ0v) is 13.4. The molecule has 0 bridgehead atoms. The summed E-state index contributed by atoms with van der Waals surface area (Å²) < 4.78 is 29.9. The third-order valence-corrected chi connectivity index (χ3v) is 6.59. The molecular weight excluding hydrogens is 274 g/mol. The van der Waals surface area contributed by atoms with Crippen molar-refractivity contribution in [2.24, 2.45) is 11.7 Å². The third-order valence-electron chi connectivity index (χ3n) is 4.89. The van der Waals surface area contributed by atoms with Crippen molar-refractivity contribution in [3.05, 3.63) is 0 Å². The standard InChI is InChI=1S/C14H29N3O2S/c1-2-12-7-3-4-9-14(12)16-20(18,19)17-10-6-5-8-13(17)11-15/h12-14,16H,2-11,15H2,1H3. The van der Waals surface area contributed by atoms with Crippen molar-refractivity contribution in [2.45, 2.75) is 70.4 Å². The van der Waals surface area contributed by atoms with Crippen LogP contribution >= 0.6 is 0 Å². The molecule has 5 nitrogen and oxygen atoms in total. The van der Waals surface area contributed by atoms with Gasteiger partial charge in [-0.25, -0.2) is 0 Å². The maximum Gasteiger partial charge on any atom is 0.280 e. The number of rotatable bonds is 5. The molecule has 1 saturated carbocycles. The lowest BCUT2D eigenvalue weighted by Crippen LogP contribution is -2.55. The molecule has 0 aromatic carbocycles. The molecule has 6 heteroatoms. The number of hydrogen-bond donors (Lipinski definition) is 2. The first-order valence-corrected chi connectivity index (χ1v) is 9.51. The van der Waals surface area contributed by atoms with Crippen LogP contribution in [0.25, 0.3) is 0 Å². The molecule has 3 N–H and O–H groups in total. The van der Waals surface area contributed by atoms with E-state index in [1.807, 2.05) is 0 Å². The van der Waals surface area contributed by atoms with Gasteiger partial charge in [0.1, 0.15) is 0 Å². The number of nitrogens with zero attached hydrogens (tertiary/aromatic N) is 1. The van der Waals surface area contributed by atoms with Crippen LogP contribution in [-0.4, -0.2) is 37.9 Å². The van der Waals surface area contributed by atoms with E-state index in [0.29, 0.717) is 19.0 Å². The Morgan fingerprint density at radius 2 is 1.85 bits per heavy atom. The number of nitrogens with two attached hydrogens (primary N) is 1. The first-order chi connectivity index (χ1) is 9.58. The summed E-state index contributed by atoms with van der Waals surface area (Å²) in [5.74, 6) is 0.486. The molecule has 0 radical (unpaired) electrons. The molecule has 1 saturated heterocycles. The SMILES string of the molecule is CCC1CCCCC1NS(=O)(=O)N1CCCCC1CN. The molecule has 1 heterocycles. The number of nitrogens with one attached hydrogen (secondary N) is 1. The Labute approximate surface area is 123 Å². The average Bonchev–Trinajstić information content (AvgIpc) is 2.47. The fourth-order valence-corrected chi connectivity index (χ4v) is 5.42. The highest BCUT2D eigenvalue weighted by molar-refractivity contribution is 7.87. The highest BCUT2D eigenvalue weighted by Gasteiger charge is 2.35. The lowest BCUT2D eigenvalue weighted by atomic mass is 9.83. The molecule has 0 aromatic rings. The molecular formula is C14H29N3O2S. The summed E-state index contributed by atoms with van der Waals surface area (Å²) in [6.07, 6.45) is 8.43. The zero-order valence-electron chi connectivity index (χ0n) is 12.6. The molecule has 118 valence electrons. The Morgan fingerprint density at radius 3 is 2.55 bits per heavy atom. The fourth-order valence-electron chi connectivity index (χ4n) is 3.64. The van der Waals surface area contributed by atoms with Gasteiger partial charge in [-0.2, -0.15) is 17.4 Å². The minimum Gasteiger partial charge on any atom is -0.329 e. The zero-order chi connectivity index (χ0) is 14.6. The Morgan fingerprint density at radius 1 is 1.15 bits per heavy atom. The highest BCUT2D eigenvalue weighted by atomic mass is 32.2. The van der Waals surface area contributed by atoms with E-state index in [0.717, 1.165) is 44.9 Å². The predicted octanol–water partition coefficient (Wildman–Crippen LogP) is 1.60. The van der Waals surface area contributed by atoms with Crippen LogP contribution < -0.4 is 10.5 Å². The Balaban J connectivity index is 2.05. The van der Waals surface area contributed by atoms with Crippen molar-refractivity contribution in [2.75, 3.05) is 13.1 Å². The number of piperidine rings is 1. The van der Waals surface area contributed by atoms with Gasteiger partial charge >= 0.3 is 0 Å². The second-order valence-corrected chi connectivity index (χ2v) is 7.83. The van der Waals surface area contributed by atoms with Gasteiger partial charge in [-0.05, 0) is 31.6 Å². The van der Waals surface area contributed by atoms with E-state index in [9.17, 15) is 8.42 Å². The molecule has 0 aromatic heterocycles. The summed E-state index contributed by atoms with van der Waals surface area (Å²) in [7, 11) is -3.38. The highest BCUT2D eigenvalue weighted by Crippen LogP contribution is 2.28. The first-order valence-electron chi connectivity index (χ1n) is 8.07. The van der Waals surface area contributed by atoms with Crippen LogP contribution in [0.3, 0.4) is 0 Å². The van der Waals surface area contributed by atoms with E-state index < -0.39 is 10.2 Å². The molecule has 1 aliphatic heterocycles. The molecule has 2 rings (SSSR count). The second kappa shape index (κ2) is 7.20. The molecule has 3 unspecified atom stereocenters. The lowest BCUT2D eigenvalue weighted by molar-refractivity contribution is 0.239. The van der Waals surface area contributed by atoms with Gasteiger partial charge in [-0.1, -0.05) is 32.6 Å². The topological polar surface area (TPSA) is 75.4 Å². The van der Waals surface area contributed by atoms with Crippen molar-refractivity contribution >= 4 is 10.2 Å². The van der Waals surface area contributed by atoms with Crippen LogP contribution in [0.2, 0.25) is 0 Å². The van der Waals surface area contributed by atoms with Gasteiger partial charge in [0, 0.05) is 25.2 Å². The van der Waals surface area contributed by atoms with Gasteiger partial charge in [-0.15, -0.1) is 0 Å². The molecule has 2 fully saturated rings. The van der Waals surface area contributed by atoms with Crippen LogP contribution in [0.5, 0.6) is 0 Å². The van der Waals surface area contributed by atoms with E-state index in [-0.39, 0.29) is 12.1 Å². The summed E-state index contributed by atoms with van der Waals surface area (Å²) in [6, 6.07) is 0.0871. The summed E-state index contributed by atoms with van der Waals surface area (Å²) in [6.45, 7) is 3.18. The van der Waals surface area contributed by atoms with Crippen LogP contribution in [0.15, 0.2) is 0 Å². The van der Waals surface area contributed by atoms with Crippen molar-refractivity contribution < 1.29 is 8.42 Å². The summed E-state index contributed by atoms with van der Waals surface area (Å²) in [4.78, 5) is 0. The van der Waals surface area contributed by atoms with E-state index in [1.54, 1.807) is 4.31 Å². The van der Waals surface area contributed by atoms with E-state index in [4.69, 9.17) is 5.73 Å². The Bertz CT molecular complexity index is 399. The van der Waals surface area contributed by atoms with E-state index in [2.05, 4.69) is 11.6 Å². The smallest absolute Gasteiger partial charge is 0.280 e. The van der Waals surface area contributed by atoms with Crippen molar-refractivity contribution in [1.29, 1.82) is 0 Å². The van der Waals surface area contributed by atoms with Gasteiger partial charge in [-0.3, -0.25) is 0 Å². The van der Waals surface area contributed by atoms with Crippen molar-refractivity contribution in [3.8, 4) is 0 Å². The van der Waals surface area contributed by atoms with Gasteiger partial charge < -0.3 is 5.73 Å². The van der Waals surface area contributed by atoms with Gasteiger partial charge in [0.15, 0.2) is 0 Å². The maximum absolute atomic E-state index is 12.6. The maximum atomic E-state index is 12.6. The van der Waals surface area contributed by atoms with E-state index >= 15 is 0 Å². The molecule has 0 spiro atoms. The van der Waals surface area contributed by atoms with Gasteiger partial charge in [0.05, 0.1) is 0 Å². The molecule has 1 aliphatic carbocycles. The number of hydrogen-bond acceptors (Lipinski definition) is 3. The van der Waals surface area contributed by atoms with Crippen LogP contribution in [0.4, 0.5) is 0 Å². The fraction of sp³-hybridized carbons (Fsp3) is 1.00. The van der Waals surface area contributed by atoms with Gasteiger partial charge in [0.25, 0.3) is 10.2 Å². The van der Waals surface area contributed by atoms with Gasteiger partial charge in [0.2, 0.25) is 0 Å². The monoisotopic (exact) mass is 303 g/mol. The molecule has 0 amide bonds.